The summed E-state index contributed by atoms with van der Waals surface area (Å²) in [6, 6.07) is 65.3. The number of carbonyl (C=O) groups excluding carboxylic acids is 1. The lowest BCUT2D eigenvalue weighted by Crippen LogP contribution is -2.07. The molecule has 0 aliphatic heterocycles. The Morgan fingerprint density at radius 2 is 0.820 bits per heavy atom. The molecule has 5 N–H and O–H groups in total. The number of ether oxygens (including phenoxy) is 2. The number of nitrogens with zero attached hydrogens (tertiary/aromatic N) is 21. The lowest BCUT2D eigenvalue weighted by Gasteiger charge is -2.12. The van der Waals surface area contributed by atoms with E-state index in [1.54, 1.807) is 97.6 Å². The molecular weight excluding hydrogens is 1710 g/mol. The first-order valence-corrected chi connectivity index (χ1v) is 42.4. The summed E-state index contributed by atoms with van der Waals surface area (Å²) in [5.41, 5.74) is 20.1. The van der Waals surface area contributed by atoms with Crippen LogP contribution >= 0.6 is 11.6 Å². The average molecular weight is 1800 g/mol. The van der Waals surface area contributed by atoms with Crippen molar-refractivity contribution in [3.8, 4) is 62.7 Å². The minimum absolute atomic E-state index is 0.133. The Hall–Kier alpha value is -17.3. The second-order valence-electron chi connectivity index (χ2n) is 29.5. The number of fused-ring (bicyclic) bond motifs is 5. The van der Waals surface area contributed by atoms with E-state index in [-0.39, 0.29) is 17.5 Å². The number of imidazole rings is 1. The molecule has 0 saturated heterocycles. The number of rotatable bonds is 21. The van der Waals surface area contributed by atoms with Crippen molar-refractivity contribution in [2.24, 2.45) is 0 Å². The highest BCUT2D eigenvalue weighted by Crippen LogP contribution is 2.37. The van der Waals surface area contributed by atoms with Crippen molar-refractivity contribution in [2.75, 3.05) is 40.8 Å². The number of aryl methyl sites for hydroxylation is 5. The Morgan fingerprint density at radius 3 is 1.23 bits per heavy atom. The molecule has 20 aromatic rings. The van der Waals surface area contributed by atoms with Gasteiger partial charge in [-0.05, 0) is 190 Å². The summed E-state index contributed by atoms with van der Waals surface area (Å²) < 4.78 is 71.4. The van der Waals surface area contributed by atoms with Gasteiger partial charge in [0.15, 0.2) is 11.6 Å². The van der Waals surface area contributed by atoms with Gasteiger partial charge in [-0.1, -0.05) is 87.8 Å². The fraction of sp³-hybridized carbons (Fsp3) is 0.121. The summed E-state index contributed by atoms with van der Waals surface area (Å²) in [7, 11) is 3.01. The molecule has 0 aliphatic rings. The van der Waals surface area contributed by atoms with Gasteiger partial charge < -0.3 is 36.1 Å². The Labute approximate surface area is 764 Å². The largest absolute Gasteiger partial charge is 0.497 e. The number of halogens is 5. The van der Waals surface area contributed by atoms with Crippen molar-refractivity contribution in [3.05, 3.63) is 355 Å². The summed E-state index contributed by atoms with van der Waals surface area (Å²) >= 11 is 6.04. The van der Waals surface area contributed by atoms with Crippen LogP contribution in [0.25, 0.3) is 83.9 Å². The van der Waals surface area contributed by atoms with Crippen LogP contribution in [0.15, 0.2) is 299 Å². The SMILES string of the molecule is CCc1nn2ccccc2c1-c1cncc(Nc2ccc(C#N)cc2)n1.CCc1nn2ccccc2c1-c1cncc(Nc2ccc(C(=O)OC)cc2)n1.CCc1nn2ccccc2c1-c1cncc(Nc2cccc(Cl)c2)n1.CCc1nn2ccccc2c1-c1cncc(Nc2cccc(OC)c2)n1.Cc1nc2ccccc2n1-c1cncc(Nc2ccc(C(F)(F)F)cc2F)n1. The van der Waals surface area contributed by atoms with Gasteiger partial charge in [0, 0.05) is 58.6 Å². The fourth-order valence-electron chi connectivity index (χ4n) is 14.7. The summed E-state index contributed by atoms with van der Waals surface area (Å²) in [6.45, 7) is 10.2. The Morgan fingerprint density at radius 1 is 0.421 bits per heavy atom. The number of benzene rings is 6. The van der Waals surface area contributed by atoms with Gasteiger partial charge in [-0.3, -0.25) is 29.5 Å². The smallest absolute Gasteiger partial charge is 0.416 e. The van der Waals surface area contributed by atoms with Gasteiger partial charge in [0.1, 0.15) is 40.7 Å². The first-order valence-electron chi connectivity index (χ1n) is 42.0. The first-order chi connectivity index (χ1) is 64.8. The van der Waals surface area contributed by atoms with E-state index >= 15 is 0 Å². The van der Waals surface area contributed by atoms with E-state index < -0.39 is 17.6 Å². The third-order valence-electron chi connectivity index (χ3n) is 20.8. The maximum atomic E-state index is 14.1. The normalized spacial score (nSPS) is 11.0. The predicted octanol–water partition coefficient (Wildman–Crippen LogP) is 21.7. The monoisotopic (exact) mass is 1790 g/mol. The highest BCUT2D eigenvalue weighted by atomic mass is 35.5. The Bertz CT molecular complexity index is 7580. The van der Waals surface area contributed by atoms with Crippen LogP contribution < -0.4 is 31.3 Å². The number of carbonyl (C=O) groups is 1. The third-order valence-corrected chi connectivity index (χ3v) is 21.0. The lowest BCUT2D eigenvalue weighted by atomic mass is 10.1. The molecule has 0 spiro atoms. The van der Waals surface area contributed by atoms with Gasteiger partial charge in [0.05, 0.1) is 206 Å². The number of hydrogen-bond donors (Lipinski definition) is 5. The number of anilines is 10. The van der Waals surface area contributed by atoms with Gasteiger partial charge in [-0.2, -0.15) is 38.8 Å². The molecule has 0 atom stereocenters. The molecule has 133 heavy (non-hydrogen) atoms. The quantitative estimate of drug-likeness (QED) is 0.0329. The summed E-state index contributed by atoms with van der Waals surface area (Å²) in [5.74, 6) is 3.30. The van der Waals surface area contributed by atoms with Crippen LogP contribution in [0.4, 0.5) is 75.1 Å². The molecule has 20 rings (SSSR count). The topological polar surface area (TPSA) is 335 Å². The molecule has 29 nitrogen and oxygen atoms in total. The van der Waals surface area contributed by atoms with Gasteiger partial charge in [0.25, 0.3) is 0 Å². The highest BCUT2D eigenvalue weighted by molar-refractivity contribution is 6.30. The average Bonchev–Trinajstić information content (AvgIpc) is 1.87. The molecule has 0 saturated carbocycles. The molecule has 0 unspecified atom stereocenters. The number of hydrogen-bond acceptors (Lipinski definition) is 24. The van der Waals surface area contributed by atoms with Gasteiger partial charge >= 0.3 is 12.1 Å². The number of alkyl halides is 3. The Balaban J connectivity index is 0.000000121. The van der Waals surface area contributed by atoms with Crippen molar-refractivity contribution in [2.45, 2.75) is 66.5 Å². The van der Waals surface area contributed by atoms with Crippen LogP contribution in [0.5, 0.6) is 5.75 Å². The zero-order valence-corrected chi connectivity index (χ0v) is 73.4. The minimum atomic E-state index is -4.61. The molecule has 34 heteroatoms. The molecular formula is C99H83ClF4N26O3. The van der Waals surface area contributed by atoms with Gasteiger partial charge in [-0.25, -0.2) is 57.2 Å². The fourth-order valence-corrected chi connectivity index (χ4v) is 14.9. The van der Waals surface area contributed by atoms with Gasteiger partial charge in [0.2, 0.25) is 0 Å². The number of nitrogens with one attached hydrogen (secondary N) is 5. The molecule has 0 bridgehead atoms. The molecule has 6 aromatic carbocycles. The van der Waals surface area contributed by atoms with E-state index in [9.17, 15) is 22.4 Å². The summed E-state index contributed by atoms with van der Waals surface area (Å²) in [6.07, 6.45) is 23.1. The van der Waals surface area contributed by atoms with E-state index in [1.165, 1.54) is 19.5 Å². The maximum absolute atomic E-state index is 14.1. The number of pyridine rings is 4. The van der Waals surface area contributed by atoms with Crippen molar-refractivity contribution in [1.82, 2.24) is 97.8 Å². The molecule has 662 valence electrons. The summed E-state index contributed by atoms with van der Waals surface area (Å²) in [5, 5.41) is 43.8. The molecule has 0 aliphatic carbocycles. The molecule has 14 aromatic heterocycles. The van der Waals surface area contributed by atoms with Crippen LogP contribution in [0, 0.1) is 24.1 Å². The second-order valence-corrected chi connectivity index (χ2v) is 30.0. The number of methoxy groups -OCH3 is 2. The third kappa shape index (κ3) is 20.8. The minimum Gasteiger partial charge on any atom is -0.497 e. The van der Waals surface area contributed by atoms with Crippen LogP contribution in [0.1, 0.15) is 77.8 Å². The zero-order valence-electron chi connectivity index (χ0n) is 72.6. The van der Waals surface area contributed by atoms with Crippen LogP contribution in [0.2, 0.25) is 5.02 Å². The van der Waals surface area contributed by atoms with Crippen LogP contribution in [-0.2, 0) is 36.6 Å². The van der Waals surface area contributed by atoms with Crippen LogP contribution in [0.3, 0.4) is 0 Å². The summed E-state index contributed by atoms with van der Waals surface area (Å²) in [4.78, 5) is 60.8. The second kappa shape index (κ2) is 40.8. The number of esters is 1. The number of aromatic nitrogens is 20. The van der Waals surface area contributed by atoms with Crippen molar-refractivity contribution < 1.29 is 31.8 Å². The lowest BCUT2D eigenvalue weighted by molar-refractivity contribution is -0.137. The van der Waals surface area contributed by atoms with Crippen LogP contribution in [-0.4, -0.2) is 118 Å². The predicted molar refractivity (Wildman–Crippen MR) is 505 cm³/mol. The van der Waals surface area contributed by atoms with E-state index in [2.05, 4.69) is 116 Å². The highest BCUT2D eigenvalue weighted by Gasteiger charge is 2.32. The van der Waals surface area contributed by atoms with E-state index in [0.29, 0.717) is 57.1 Å². The molecule has 14 heterocycles. The van der Waals surface area contributed by atoms with Crippen molar-refractivity contribution in [1.29, 1.82) is 5.26 Å². The van der Waals surface area contributed by atoms with E-state index in [4.69, 9.17) is 46.3 Å². The van der Waals surface area contributed by atoms with Crippen molar-refractivity contribution in [3.63, 3.8) is 0 Å². The van der Waals surface area contributed by atoms with Gasteiger partial charge in [-0.15, -0.1) is 0 Å². The van der Waals surface area contributed by atoms with E-state index in [1.807, 2.05) is 207 Å². The maximum Gasteiger partial charge on any atom is 0.416 e. The Kier molecular flexibility index (Phi) is 27.3. The standard InChI is InChI=1S/C21H19N5O2.C20H16N6.C20H19N5O.C19H16ClN5.C19H13F4N5/c1-3-16-20(18-6-4-5-11-26(18)25-16)17-12-22-13-19(24-17)23-15-9-7-14(8-10-15)21(27)28-2;1-2-16-20(18-5-3-4-10-26(18)25-16)17-12-22-13-19(24-17)23-15-8-6-14(11-21)7-9-15;1-3-16-20(18-9-4-5-10-25(18)24-16)17-12-21-13-19(23-17)22-14-7-6-8-15(11-14)26-2;1-2-15-19(17-8-3-4-9-25(17)24-15)16-11-21-12-18(23-16)22-14-7-5-6-13(20)10-14;1-11-25-15-4-2-3-5-16(15)28(11)18-10-24-9-17(27-18)26-14-7-6-12(8-13(14)20)19(21,22)23/h4-13H,3H2,1-2H3,(H,23,24);3-10,12-13H,2H2,1H3,(H,23,24);4-13H,3H2,1-2H3,(H,22,23);3-12H,2H2,1H3,(H,22,23);2-10H,1H3,(H,26,27). The number of nitriles is 1. The molecule has 0 amide bonds. The first kappa shape index (κ1) is 89.1. The number of para-hydroxylation sites is 2. The van der Waals surface area contributed by atoms with E-state index in [0.717, 1.165) is 167 Å². The molecule has 0 radical (unpaired) electrons. The van der Waals surface area contributed by atoms with Crippen molar-refractivity contribution >= 4 is 108 Å². The molecule has 0 fully saturated rings. The zero-order chi connectivity index (χ0) is 92.5.